The van der Waals surface area contributed by atoms with Gasteiger partial charge in [-0.2, -0.15) is 0 Å². The highest BCUT2D eigenvalue weighted by Crippen LogP contribution is 2.33. The van der Waals surface area contributed by atoms with Gasteiger partial charge in [-0.15, -0.1) is 0 Å². The second-order valence-electron chi connectivity index (χ2n) is 6.40. The maximum atomic E-state index is 5.74. The number of imidazole rings is 1. The lowest BCUT2D eigenvalue weighted by molar-refractivity contribution is 0.220. The summed E-state index contributed by atoms with van der Waals surface area (Å²) in [6.07, 6.45) is 7.36. The molecule has 1 fully saturated rings. The molecule has 0 bridgehead atoms. The Hall–Kier alpha value is -1.55. The van der Waals surface area contributed by atoms with E-state index in [1.807, 2.05) is 13.0 Å². The van der Waals surface area contributed by atoms with E-state index < -0.39 is 0 Å². The smallest absolute Gasteiger partial charge is 0.124 e. The quantitative estimate of drug-likeness (QED) is 0.938. The van der Waals surface area contributed by atoms with E-state index in [-0.39, 0.29) is 0 Å². The number of likely N-dealkylation sites (tertiary alicyclic amines) is 1. The summed E-state index contributed by atoms with van der Waals surface area (Å²) >= 11 is 0. The van der Waals surface area contributed by atoms with Gasteiger partial charge in [0.2, 0.25) is 0 Å². The normalized spacial score (nSPS) is 22.6. The monoisotopic (exact) mass is 285 g/mol. The van der Waals surface area contributed by atoms with Crippen LogP contribution in [0.3, 0.4) is 0 Å². The van der Waals surface area contributed by atoms with Gasteiger partial charge in [-0.05, 0) is 64.1 Å². The minimum atomic E-state index is 0.431. The molecule has 1 aliphatic heterocycles. The molecule has 0 unspecified atom stereocenters. The van der Waals surface area contributed by atoms with Crippen molar-refractivity contribution in [3.8, 4) is 0 Å². The lowest BCUT2D eigenvalue weighted by Gasteiger charge is -2.21. The molecule has 0 saturated carbocycles. The zero-order valence-electron chi connectivity index (χ0n) is 12.7. The second kappa shape index (κ2) is 5.34. The van der Waals surface area contributed by atoms with E-state index in [1.54, 1.807) is 0 Å². The first-order chi connectivity index (χ1) is 10.3. The summed E-state index contributed by atoms with van der Waals surface area (Å²) < 4.78 is 5.74. The van der Waals surface area contributed by atoms with Gasteiger partial charge in [-0.3, -0.25) is 4.90 Å². The van der Waals surface area contributed by atoms with Crippen molar-refractivity contribution in [2.24, 2.45) is 0 Å². The van der Waals surface area contributed by atoms with Crippen LogP contribution in [0.1, 0.15) is 60.5 Å². The van der Waals surface area contributed by atoms with Crippen LogP contribution in [-0.2, 0) is 19.4 Å². The molecular weight excluding hydrogens is 262 g/mol. The number of aromatic amines is 1. The van der Waals surface area contributed by atoms with Crippen molar-refractivity contribution in [1.29, 1.82) is 0 Å². The Labute approximate surface area is 125 Å². The van der Waals surface area contributed by atoms with Crippen LogP contribution in [0.2, 0.25) is 0 Å². The third-order valence-electron chi connectivity index (χ3n) is 4.81. The van der Waals surface area contributed by atoms with Crippen molar-refractivity contribution < 1.29 is 4.42 Å². The minimum absolute atomic E-state index is 0.431. The largest absolute Gasteiger partial charge is 0.465 e. The number of H-pyrrole nitrogens is 1. The molecule has 1 aliphatic carbocycles. The molecule has 1 N–H and O–H groups in total. The van der Waals surface area contributed by atoms with E-state index in [2.05, 4.69) is 16.0 Å². The SMILES string of the molecule is Cc1ccc(CN2CCC[C@@H]2c2nc3c([nH]2)CCCC3)o1. The Morgan fingerprint density at radius 1 is 1.29 bits per heavy atom. The molecule has 3 heterocycles. The molecule has 4 nitrogen and oxygen atoms in total. The number of furan rings is 1. The van der Waals surface area contributed by atoms with Gasteiger partial charge in [0, 0.05) is 5.69 Å². The molecule has 2 aromatic heterocycles. The van der Waals surface area contributed by atoms with Gasteiger partial charge in [-0.25, -0.2) is 4.98 Å². The topological polar surface area (TPSA) is 45.1 Å². The molecule has 2 aliphatic rings. The molecule has 0 radical (unpaired) electrons. The Balaban J connectivity index is 1.54. The molecule has 21 heavy (non-hydrogen) atoms. The van der Waals surface area contributed by atoms with Gasteiger partial charge in [0.15, 0.2) is 0 Å². The number of rotatable bonds is 3. The van der Waals surface area contributed by atoms with Gasteiger partial charge >= 0.3 is 0 Å². The van der Waals surface area contributed by atoms with Crippen LogP contribution in [-0.4, -0.2) is 21.4 Å². The van der Waals surface area contributed by atoms with E-state index >= 15 is 0 Å². The summed E-state index contributed by atoms with van der Waals surface area (Å²) in [6.45, 7) is 4.03. The molecular formula is C17H23N3O. The molecule has 1 atom stereocenters. The van der Waals surface area contributed by atoms with Crippen LogP contribution in [0.25, 0.3) is 0 Å². The molecule has 4 heteroatoms. The summed E-state index contributed by atoms with van der Waals surface area (Å²) in [4.78, 5) is 11.0. The molecule has 0 amide bonds. The van der Waals surface area contributed by atoms with Crippen molar-refractivity contribution in [3.05, 3.63) is 40.9 Å². The number of aryl methyl sites for hydroxylation is 3. The fourth-order valence-electron chi connectivity index (χ4n) is 3.73. The fraction of sp³-hybridized carbons (Fsp3) is 0.588. The van der Waals surface area contributed by atoms with Crippen LogP contribution in [0, 0.1) is 6.92 Å². The number of aromatic nitrogens is 2. The molecule has 1 saturated heterocycles. The first-order valence-electron chi connectivity index (χ1n) is 8.16. The predicted molar refractivity (Wildman–Crippen MR) is 81.1 cm³/mol. The Bertz CT molecular complexity index is 604. The molecule has 4 rings (SSSR count). The minimum Gasteiger partial charge on any atom is -0.465 e. The first kappa shape index (κ1) is 13.1. The molecule has 2 aromatic rings. The highest BCUT2D eigenvalue weighted by Gasteiger charge is 2.30. The lowest BCUT2D eigenvalue weighted by atomic mass is 10.0. The average molecular weight is 285 g/mol. The van der Waals surface area contributed by atoms with Gasteiger partial charge in [0.1, 0.15) is 17.3 Å². The van der Waals surface area contributed by atoms with Crippen LogP contribution in [0.5, 0.6) is 0 Å². The van der Waals surface area contributed by atoms with Crippen molar-refractivity contribution in [3.63, 3.8) is 0 Å². The average Bonchev–Trinajstić information content (AvgIpc) is 3.18. The maximum absolute atomic E-state index is 5.74. The third-order valence-corrected chi connectivity index (χ3v) is 4.81. The highest BCUT2D eigenvalue weighted by molar-refractivity contribution is 5.20. The number of fused-ring (bicyclic) bond motifs is 1. The van der Waals surface area contributed by atoms with Crippen molar-refractivity contribution in [2.75, 3.05) is 6.54 Å². The van der Waals surface area contributed by atoms with E-state index in [9.17, 15) is 0 Å². The second-order valence-corrected chi connectivity index (χ2v) is 6.40. The zero-order valence-corrected chi connectivity index (χ0v) is 12.7. The highest BCUT2D eigenvalue weighted by atomic mass is 16.3. The van der Waals surface area contributed by atoms with Gasteiger partial charge in [0.05, 0.1) is 18.3 Å². The predicted octanol–water partition coefficient (Wildman–Crippen LogP) is 3.53. The van der Waals surface area contributed by atoms with Crippen molar-refractivity contribution in [2.45, 2.75) is 58.0 Å². The Morgan fingerprint density at radius 2 is 2.19 bits per heavy atom. The standard InChI is InChI=1S/C17H23N3O/c1-12-8-9-13(21-12)11-20-10-4-7-16(20)17-18-14-5-2-3-6-15(14)19-17/h8-9,16H,2-7,10-11H2,1H3,(H,18,19)/t16-/m1/s1. The zero-order chi connectivity index (χ0) is 14.2. The van der Waals surface area contributed by atoms with E-state index in [0.717, 1.165) is 31.0 Å². The third kappa shape index (κ3) is 2.53. The number of hydrogen-bond acceptors (Lipinski definition) is 3. The molecule has 0 aromatic carbocycles. The van der Waals surface area contributed by atoms with Crippen molar-refractivity contribution >= 4 is 0 Å². The Kier molecular flexibility index (Phi) is 3.34. The van der Waals surface area contributed by atoms with E-state index in [1.165, 1.54) is 49.3 Å². The summed E-state index contributed by atoms with van der Waals surface area (Å²) in [5.74, 6) is 3.24. The fourth-order valence-corrected chi connectivity index (χ4v) is 3.73. The first-order valence-corrected chi connectivity index (χ1v) is 8.16. The number of nitrogens with one attached hydrogen (secondary N) is 1. The maximum Gasteiger partial charge on any atom is 0.124 e. The van der Waals surface area contributed by atoms with Gasteiger partial charge in [0.25, 0.3) is 0 Å². The lowest BCUT2D eigenvalue weighted by Crippen LogP contribution is -2.23. The summed E-state index contributed by atoms with van der Waals surface area (Å²) in [5, 5.41) is 0. The van der Waals surface area contributed by atoms with Crippen LogP contribution < -0.4 is 0 Å². The van der Waals surface area contributed by atoms with E-state index in [4.69, 9.17) is 9.40 Å². The summed E-state index contributed by atoms with van der Waals surface area (Å²) in [5.41, 5.74) is 2.70. The Morgan fingerprint density at radius 3 is 3.00 bits per heavy atom. The van der Waals surface area contributed by atoms with Gasteiger partial charge < -0.3 is 9.40 Å². The van der Waals surface area contributed by atoms with Crippen molar-refractivity contribution in [1.82, 2.24) is 14.9 Å². The van der Waals surface area contributed by atoms with Crippen LogP contribution in [0.4, 0.5) is 0 Å². The van der Waals surface area contributed by atoms with Crippen LogP contribution >= 0.6 is 0 Å². The summed E-state index contributed by atoms with van der Waals surface area (Å²) in [7, 11) is 0. The number of hydrogen-bond donors (Lipinski definition) is 1. The van der Waals surface area contributed by atoms with Crippen LogP contribution in [0.15, 0.2) is 16.5 Å². The van der Waals surface area contributed by atoms with Gasteiger partial charge in [-0.1, -0.05) is 0 Å². The summed E-state index contributed by atoms with van der Waals surface area (Å²) in [6, 6.07) is 4.57. The molecule has 112 valence electrons. The number of nitrogens with zero attached hydrogens (tertiary/aromatic N) is 2. The van der Waals surface area contributed by atoms with E-state index in [0.29, 0.717) is 6.04 Å². The molecule has 0 spiro atoms.